The molecule has 3 rings (SSSR count). The molecule has 140 valence electrons. The van der Waals surface area contributed by atoms with Gasteiger partial charge < -0.3 is 14.3 Å². The van der Waals surface area contributed by atoms with E-state index in [0.717, 1.165) is 27.9 Å². The number of hydrogen-bond acceptors (Lipinski definition) is 3. The van der Waals surface area contributed by atoms with Crippen molar-refractivity contribution >= 4 is 34.3 Å². The van der Waals surface area contributed by atoms with Crippen LogP contribution in [0.1, 0.15) is 29.4 Å². The summed E-state index contributed by atoms with van der Waals surface area (Å²) in [5.41, 5.74) is 5.41. The molecule has 1 unspecified atom stereocenters. The molecule has 2 N–H and O–H groups in total. The molecule has 1 heterocycles. The van der Waals surface area contributed by atoms with Crippen LogP contribution in [-0.2, 0) is 11.3 Å². The van der Waals surface area contributed by atoms with Gasteiger partial charge in [-0.15, -0.1) is 0 Å². The van der Waals surface area contributed by atoms with Gasteiger partial charge in [0, 0.05) is 39.7 Å². The first-order valence-electron chi connectivity index (χ1n) is 8.38. The summed E-state index contributed by atoms with van der Waals surface area (Å²) in [5, 5.41) is 0.645. The quantitative estimate of drug-likeness (QED) is 0.444. The van der Waals surface area contributed by atoms with Gasteiger partial charge in [-0.1, -0.05) is 42.8 Å². The normalized spacial score (nSPS) is 12.0. The van der Waals surface area contributed by atoms with Gasteiger partial charge in [-0.3, -0.25) is 9.00 Å². The van der Waals surface area contributed by atoms with E-state index < -0.39 is 11.3 Å². The molecule has 1 aromatic heterocycles. The van der Waals surface area contributed by atoms with E-state index in [-0.39, 0.29) is 5.78 Å². The molecule has 0 radical (unpaired) electrons. The van der Waals surface area contributed by atoms with Crippen LogP contribution in [0.15, 0.2) is 48.5 Å². The maximum atomic E-state index is 12.5. The van der Waals surface area contributed by atoms with Gasteiger partial charge in [-0.05, 0) is 47.9 Å². The molecule has 0 amide bonds. The van der Waals surface area contributed by atoms with Crippen molar-refractivity contribution in [3.05, 3.63) is 64.8 Å². The maximum Gasteiger partial charge on any atom is 0.179 e. The number of hydrogen-bond donors (Lipinski definition) is 2. The van der Waals surface area contributed by atoms with Gasteiger partial charge in [0.05, 0.1) is 5.69 Å². The van der Waals surface area contributed by atoms with Crippen molar-refractivity contribution in [1.82, 2.24) is 4.98 Å². The molecule has 0 aliphatic heterocycles. The number of carbonyl (C=O) groups excluding carboxylic acids is 1. The van der Waals surface area contributed by atoms with E-state index >= 15 is 0 Å². The van der Waals surface area contributed by atoms with Crippen molar-refractivity contribution in [1.29, 1.82) is 0 Å². The fraction of sp³-hybridized carbons (Fsp3) is 0.150. The number of aromatic nitrogens is 1. The Morgan fingerprint density at radius 3 is 2.26 bits per heavy atom. The minimum absolute atomic E-state index is 0.0103. The second kappa shape index (κ2) is 8.08. The molecule has 2 aromatic carbocycles. The third kappa shape index (κ3) is 4.13. The van der Waals surface area contributed by atoms with Gasteiger partial charge >= 0.3 is 0 Å². The first-order chi connectivity index (χ1) is 12.9. The fourth-order valence-electron chi connectivity index (χ4n) is 3.05. The van der Waals surface area contributed by atoms with Crippen molar-refractivity contribution in [3.8, 4) is 22.4 Å². The number of Topliss-reactive ketones (excluding diaryl/α,β-unsaturated/α-hetero) is 1. The van der Waals surface area contributed by atoms with Crippen molar-refractivity contribution in [3.63, 3.8) is 0 Å². The summed E-state index contributed by atoms with van der Waals surface area (Å²) in [5.74, 6) is 0.0103. The van der Waals surface area contributed by atoms with E-state index in [0.29, 0.717) is 22.8 Å². The van der Waals surface area contributed by atoms with Crippen LogP contribution < -0.4 is 4.72 Å². The number of aromatic amines is 1. The standard InChI is InChI=1S/C20H19ClN2O3S/c1-3-17(24)20-18(13-6-10-16(11-7-13)23-27(25)26)12(2)19(22-20)14-4-8-15(21)9-5-14/h4-11,22-23H,3H2,1-2H3,(H,25,26)/p-1. The summed E-state index contributed by atoms with van der Waals surface area (Å²) >= 11 is 3.60. The van der Waals surface area contributed by atoms with Crippen LogP contribution in [0, 0.1) is 6.92 Å². The van der Waals surface area contributed by atoms with Crippen molar-refractivity contribution in [2.24, 2.45) is 0 Å². The predicted molar refractivity (Wildman–Crippen MR) is 109 cm³/mol. The fourth-order valence-corrected chi connectivity index (χ4v) is 3.50. The number of nitrogens with one attached hydrogen (secondary N) is 2. The Balaban J connectivity index is 2.11. The number of halogens is 1. The third-order valence-corrected chi connectivity index (χ3v) is 5.01. The summed E-state index contributed by atoms with van der Waals surface area (Å²) in [6.45, 7) is 3.78. The van der Waals surface area contributed by atoms with Crippen molar-refractivity contribution in [2.75, 3.05) is 4.72 Å². The molecule has 0 spiro atoms. The molecular weight excluding hydrogens is 384 g/mol. The smallest absolute Gasteiger partial charge is 0.179 e. The number of rotatable bonds is 6. The summed E-state index contributed by atoms with van der Waals surface area (Å²) in [4.78, 5) is 15.8. The minimum Gasteiger partial charge on any atom is -0.755 e. The molecule has 27 heavy (non-hydrogen) atoms. The largest absolute Gasteiger partial charge is 0.755 e. The van der Waals surface area contributed by atoms with Gasteiger partial charge in [0.1, 0.15) is 0 Å². The molecule has 0 saturated carbocycles. The Kier molecular flexibility index (Phi) is 5.79. The Bertz CT molecular complexity index is 995. The van der Waals surface area contributed by atoms with Gasteiger partial charge in [0.15, 0.2) is 5.78 Å². The third-order valence-electron chi connectivity index (χ3n) is 4.36. The zero-order chi connectivity index (χ0) is 19.6. The molecule has 0 fully saturated rings. The highest BCUT2D eigenvalue weighted by Gasteiger charge is 2.20. The molecule has 0 saturated heterocycles. The SMILES string of the molecule is CCC(=O)c1[nH]c(-c2ccc(Cl)cc2)c(C)c1-c1ccc(NS(=O)[O-])cc1. The topological polar surface area (TPSA) is 85.0 Å². The lowest BCUT2D eigenvalue weighted by Gasteiger charge is -2.10. The van der Waals surface area contributed by atoms with E-state index in [1.807, 2.05) is 38.1 Å². The molecule has 1 atom stereocenters. The van der Waals surface area contributed by atoms with E-state index in [4.69, 9.17) is 11.6 Å². The van der Waals surface area contributed by atoms with Crippen LogP contribution in [0.5, 0.6) is 0 Å². The average molecular weight is 402 g/mol. The summed E-state index contributed by atoms with van der Waals surface area (Å²) < 4.78 is 23.9. The Morgan fingerprint density at radius 2 is 1.70 bits per heavy atom. The lowest BCUT2D eigenvalue weighted by molar-refractivity contribution is 0.0984. The molecular formula is C20H18ClN2O3S-. The lowest BCUT2D eigenvalue weighted by Crippen LogP contribution is -2.02. The van der Waals surface area contributed by atoms with Crippen LogP contribution in [0.4, 0.5) is 5.69 Å². The summed E-state index contributed by atoms with van der Waals surface area (Å²) in [6.07, 6.45) is 0.377. The number of ketones is 1. The van der Waals surface area contributed by atoms with E-state index in [9.17, 15) is 13.6 Å². The highest BCUT2D eigenvalue weighted by Crippen LogP contribution is 2.36. The van der Waals surface area contributed by atoms with Crippen LogP contribution >= 0.6 is 11.6 Å². The molecule has 5 nitrogen and oxygen atoms in total. The molecule has 0 aliphatic carbocycles. The second-order valence-electron chi connectivity index (χ2n) is 6.07. The molecule has 0 bridgehead atoms. The molecule has 0 aliphatic rings. The van der Waals surface area contributed by atoms with Gasteiger partial charge in [0.2, 0.25) is 0 Å². The zero-order valence-corrected chi connectivity index (χ0v) is 16.4. The van der Waals surface area contributed by atoms with Gasteiger partial charge in [-0.2, -0.15) is 0 Å². The Hall–Kier alpha value is -2.41. The van der Waals surface area contributed by atoms with Gasteiger partial charge in [-0.25, -0.2) is 0 Å². The van der Waals surface area contributed by atoms with Gasteiger partial charge in [0.25, 0.3) is 0 Å². The predicted octanol–water partition coefficient (Wildman–Crippen LogP) is 5.11. The van der Waals surface area contributed by atoms with E-state index in [1.165, 1.54) is 0 Å². The molecule has 3 aromatic rings. The van der Waals surface area contributed by atoms with E-state index in [2.05, 4.69) is 9.71 Å². The Labute approximate surface area is 165 Å². The maximum absolute atomic E-state index is 12.5. The Morgan fingerprint density at radius 1 is 1.11 bits per heavy atom. The number of H-pyrrole nitrogens is 1. The second-order valence-corrected chi connectivity index (χ2v) is 7.18. The minimum atomic E-state index is -2.38. The number of anilines is 1. The molecule has 7 heteroatoms. The number of carbonyl (C=O) groups is 1. The van der Waals surface area contributed by atoms with Crippen molar-refractivity contribution < 1.29 is 13.6 Å². The van der Waals surface area contributed by atoms with Crippen LogP contribution in [0.2, 0.25) is 5.02 Å². The highest BCUT2D eigenvalue weighted by atomic mass is 35.5. The van der Waals surface area contributed by atoms with Crippen LogP contribution in [0.25, 0.3) is 22.4 Å². The highest BCUT2D eigenvalue weighted by molar-refractivity contribution is 7.80. The monoisotopic (exact) mass is 401 g/mol. The summed E-state index contributed by atoms with van der Waals surface area (Å²) in [7, 11) is 0. The van der Waals surface area contributed by atoms with Crippen LogP contribution in [0.3, 0.4) is 0 Å². The summed E-state index contributed by atoms with van der Waals surface area (Å²) in [6, 6.07) is 14.3. The average Bonchev–Trinajstić information content (AvgIpc) is 2.99. The number of benzene rings is 2. The first kappa shape index (κ1) is 19.4. The van der Waals surface area contributed by atoms with Crippen molar-refractivity contribution in [2.45, 2.75) is 20.3 Å². The van der Waals surface area contributed by atoms with Crippen LogP contribution in [-0.4, -0.2) is 19.5 Å². The van der Waals surface area contributed by atoms with E-state index in [1.54, 1.807) is 24.3 Å². The first-order valence-corrected chi connectivity index (χ1v) is 9.84. The lowest BCUT2D eigenvalue weighted by atomic mass is 9.97. The zero-order valence-electron chi connectivity index (χ0n) is 14.8.